The highest BCUT2D eigenvalue weighted by atomic mass is 16.6. The summed E-state index contributed by atoms with van der Waals surface area (Å²) in [6.45, 7) is 8.56. The number of carbonyl (C=O) groups is 2. The molecular formula is C14H23NO5. The number of esters is 1. The van der Waals surface area contributed by atoms with Crippen molar-refractivity contribution < 1.29 is 23.8 Å². The van der Waals surface area contributed by atoms with Gasteiger partial charge in [-0.15, -0.1) is 0 Å². The summed E-state index contributed by atoms with van der Waals surface area (Å²) in [6, 6.07) is 0. The molecule has 1 N–H and O–H groups in total. The van der Waals surface area contributed by atoms with Crippen molar-refractivity contribution in [2.45, 2.75) is 38.7 Å². The zero-order valence-corrected chi connectivity index (χ0v) is 12.2. The molecule has 6 nitrogen and oxygen atoms in total. The molecule has 114 valence electrons. The summed E-state index contributed by atoms with van der Waals surface area (Å²) >= 11 is 0. The molecule has 0 aliphatic carbocycles. The monoisotopic (exact) mass is 285 g/mol. The van der Waals surface area contributed by atoms with Crippen molar-refractivity contribution in [3.05, 3.63) is 12.2 Å². The summed E-state index contributed by atoms with van der Waals surface area (Å²) < 4.78 is 15.6. The van der Waals surface area contributed by atoms with Crippen LogP contribution in [0.3, 0.4) is 0 Å². The van der Waals surface area contributed by atoms with Crippen molar-refractivity contribution in [3.63, 3.8) is 0 Å². The molecule has 1 fully saturated rings. The fourth-order valence-corrected chi connectivity index (χ4v) is 1.92. The largest absolute Gasteiger partial charge is 0.460 e. The van der Waals surface area contributed by atoms with E-state index in [1.165, 1.54) is 0 Å². The predicted octanol–water partition coefficient (Wildman–Crippen LogP) is 1.79. The van der Waals surface area contributed by atoms with Gasteiger partial charge in [0.2, 0.25) is 0 Å². The third kappa shape index (κ3) is 5.21. The van der Waals surface area contributed by atoms with Gasteiger partial charge in [0.15, 0.2) is 0 Å². The Hall–Kier alpha value is -1.56. The summed E-state index contributed by atoms with van der Waals surface area (Å²) in [5.74, 6) is -0.463. The van der Waals surface area contributed by atoms with Crippen molar-refractivity contribution in [2.24, 2.45) is 0 Å². The van der Waals surface area contributed by atoms with Gasteiger partial charge in [-0.1, -0.05) is 13.5 Å². The summed E-state index contributed by atoms with van der Waals surface area (Å²) in [7, 11) is 0. The molecule has 6 heteroatoms. The van der Waals surface area contributed by atoms with Crippen LogP contribution in [0.5, 0.6) is 0 Å². The van der Waals surface area contributed by atoms with Gasteiger partial charge in [-0.05, 0) is 13.3 Å². The minimum Gasteiger partial charge on any atom is -0.460 e. The van der Waals surface area contributed by atoms with Crippen LogP contribution < -0.4 is 5.32 Å². The van der Waals surface area contributed by atoms with Crippen molar-refractivity contribution in [2.75, 3.05) is 26.4 Å². The van der Waals surface area contributed by atoms with Gasteiger partial charge in [0.1, 0.15) is 12.2 Å². The van der Waals surface area contributed by atoms with E-state index in [2.05, 4.69) is 11.9 Å². The van der Waals surface area contributed by atoms with Gasteiger partial charge >= 0.3 is 12.1 Å². The van der Waals surface area contributed by atoms with Crippen molar-refractivity contribution in [1.82, 2.24) is 5.32 Å². The van der Waals surface area contributed by atoms with Crippen LogP contribution in [0.1, 0.15) is 33.1 Å². The van der Waals surface area contributed by atoms with Gasteiger partial charge in [-0.3, -0.25) is 0 Å². The molecule has 1 amide bonds. The molecule has 0 radical (unpaired) electrons. The summed E-state index contributed by atoms with van der Waals surface area (Å²) in [4.78, 5) is 22.8. The van der Waals surface area contributed by atoms with E-state index >= 15 is 0 Å². The van der Waals surface area contributed by atoms with Crippen LogP contribution in [-0.2, 0) is 19.0 Å². The molecule has 20 heavy (non-hydrogen) atoms. The van der Waals surface area contributed by atoms with Gasteiger partial charge in [0, 0.05) is 18.4 Å². The normalized spacial score (nSPS) is 17.1. The van der Waals surface area contributed by atoms with E-state index in [9.17, 15) is 9.59 Å². The molecule has 0 spiro atoms. The summed E-state index contributed by atoms with van der Waals surface area (Å²) in [5.41, 5.74) is -0.101. The Labute approximate surface area is 119 Å². The Balaban J connectivity index is 2.25. The topological polar surface area (TPSA) is 73.9 Å². The highest BCUT2D eigenvalue weighted by Gasteiger charge is 2.34. The van der Waals surface area contributed by atoms with Gasteiger partial charge in [0.25, 0.3) is 0 Å². The number of rotatable bonds is 6. The van der Waals surface area contributed by atoms with Crippen LogP contribution in [0.2, 0.25) is 0 Å². The van der Waals surface area contributed by atoms with Gasteiger partial charge in [-0.25, -0.2) is 9.59 Å². The average molecular weight is 285 g/mol. The maximum absolute atomic E-state index is 11.7. The molecule has 0 atom stereocenters. The lowest BCUT2D eigenvalue weighted by atomic mass is 9.91. The molecule has 1 heterocycles. The standard InChI is InChI=1S/C14H23NO5/c1-4-14(5-8-18-9-6-14)20-13(17)15-7-10-19-12(16)11(2)3/h2,4-10H2,1,3H3,(H,15,17). The van der Waals surface area contributed by atoms with Crippen LogP contribution in [0.4, 0.5) is 4.79 Å². The van der Waals surface area contributed by atoms with Crippen molar-refractivity contribution >= 4 is 12.1 Å². The Morgan fingerprint density at radius 2 is 2.00 bits per heavy atom. The Kier molecular flexibility index (Phi) is 6.51. The van der Waals surface area contributed by atoms with Crippen LogP contribution >= 0.6 is 0 Å². The maximum atomic E-state index is 11.7. The molecule has 1 rings (SSSR count). The first-order valence-corrected chi connectivity index (χ1v) is 6.86. The third-order valence-corrected chi connectivity index (χ3v) is 3.31. The average Bonchev–Trinajstić information content (AvgIpc) is 2.44. The van der Waals surface area contributed by atoms with E-state index in [0.29, 0.717) is 31.6 Å². The molecule has 0 unspecified atom stereocenters. The van der Waals surface area contributed by atoms with Gasteiger partial charge in [0.05, 0.1) is 19.8 Å². The highest BCUT2D eigenvalue weighted by molar-refractivity contribution is 5.86. The molecule has 1 aliphatic rings. The van der Waals surface area contributed by atoms with E-state index in [-0.39, 0.29) is 13.2 Å². The number of amides is 1. The molecule has 0 saturated carbocycles. The lowest BCUT2D eigenvalue weighted by Gasteiger charge is -2.35. The first-order chi connectivity index (χ1) is 9.49. The fraction of sp³-hybridized carbons (Fsp3) is 0.714. The molecule has 0 bridgehead atoms. The number of nitrogens with one attached hydrogen (secondary N) is 1. The zero-order chi connectivity index (χ0) is 15.0. The van der Waals surface area contributed by atoms with Gasteiger partial charge in [-0.2, -0.15) is 0 Å². The number of alkyl carbamates (subject to hydrolysis) is 1. The minimum absolute atomic E-state index is 0.100. The first-order valence-electron chi connectivity index (χ1n) is 6.86. The number of hydrogen-bond donors (Lipinski definition) is 1. The summed E-state index contributed by atoms with van der Waals surface area (Å²) in [5, 5.41) is 2.57. The second-order valence-corrected chi connectivity index (χ2v) is 4.88. The smallest absolute Gasteiger partial charge is 0.407 e. The Bertz CT molecular complexity index is 361. The zero-order valence-electron chi connectivity index (χ0n) is 12.2. The quantitative estimate of drug-likeness (QED) is 0.457. The molecule has 1 saturated heterocycles. The molecule has 1 aliphatic heterocycles. The van der Waals surface area contributed by atoms with Crippen LogP contribution in [0.15, 0.2) is 12.2 Å². The molecule has 0 aromatic heterocycles. The third-order valence-electron chi connectivity index (χ3n) is 3.31. The van der Waals surface area contributed by atoms with E-state index in [0.717, 1.165) is 6.42 Å². The lowest BCUT2D eigenvalue weighted by molar-refractivity contribution is -0.138. The Morgan fingerprint density at radius 1 is 1.35 bits per heavy atom. The number of ether oxygens (including phenoxy) is 3. The van der Waals surface area contributed by atoms with Crippen molar-refractivity contribution in [3.8, 4) is 0 Å². The van der Waals surface area contributed by atoms with Crippen LogP contribution in [0.25, 0.3) is 0 Å². The number of carbonyl (C=O) groups excluding carboxylic acids is 2. The number of hydrogen-bond acceptors (Lipinski definition) is 5. The fourth-order valence-electron chi connectivity index (χ4n) is 1.92. The van der Waals surface area contributed by atoms with Crippen LogP contribution in [0, 0.1) is 0 Å². The second kappa shape index (κ2) is 7.89. The minimum atomic E-state index is -0.486. The molecule has 0 aromatic carbocycles. The first kappa shape index (κ1) is 16.5. The maximum Gasteiger partial charge on any atom is 0.407 e. The van der Waals surface area contributed by atoms with E-state index in [4.69, 9.17) is 14.2 Å². The SMILES string of the molecule is C=C(C)C(=O)OCCNC(=O)OC1(CC)CCOCC1. The summed E-state index contributed by atoms with van der Waals surface area (Å²) in [6.07, 6.45) is 1.69. The van der Waals surface area contributed by atoms with E-state index in [1.54, 1.807) is 6.92 Å². The van der Waals surface area contributed by atoms with E-state index in [1.807, 2.05) is 6.92 Å². The molecule has 0 aromatic rings. The predicted molar refractivity (Wildman–Crippen MR) is 73.3 cm³/mol. The Morgan fingerprint density at radius 3 is 2.55 bits per heavy atom. The van der Waals surface area contributed by atoms with E-state index < -0.39 is 17.7 Å². The molecular weight excluding hydrogens is 262 g/mol. The second-order valence-electron chi connectivity index (χ2n) is 4.88. The highest BCUT2D eigenvalue weighted by Crippen LogP contribution is 2.28. The van der Waals surface area contributed by atoms with Gasteiger partial charge < -0.3 is 19.5 Å². The lowest BCUT2D eigenvalue weighted by Crippen LogP contribution is -2.43. The van der Waals surface area contributed by atoms with Crippen molar-refractivity contribution in [1.29, 1.82) is 0 Å². The van der Waals surface area contributed by atoms with Crippen LogP contribution in [-0.4, -0.2) is 44.0 Å².